The first-order chi connectivity index (χ1) is 11.2. The van der Waals surface area contributed by atoms with Crippen LogP contribution in [0.2, 0.25) is 0 Å². The average molecular weight is 312 g/mol. The number of benzene rings is 1. The number of rotatable bonds is 6. The van der Waals surface area contributed by atoms with E-state index in [0.29, 0.717) is 6.54 Å². The van der Waals surface area contributed by atoms with Gasteiger partial charge in [0, 0.05) is 12.7 Å². The van der Waals surface area contributed by atoms with Crippen molar-refractivity contribution < 1.29 is 4.79 Å². The molecule has 122 valence electrons. The third-order valence-corrected chi connectivity index (χ3v) is 4.27. The number of aryl methyl sites for hydroxylation is 2. The Kier molecular flexibility index (Phi) is 5.08. The quantitative estimate of drug-likeness (QED) is 0.802. The summed E-state index contributed by atoms with van der Waals surface area (Å²) in [5, 5.41) is 10.6. The van der Waals surface area contributed by atoms with E-state index in [2.05, 4.69) is 33.9 Å². The number of nitrogens with zero attached hydrogens (tertiary/aromatic N) is 2. The minimum Gasteiger partial charge on any atom is -0.348 e. The van der Waals surface area contributed by atoms with Crippen molar-refractivity contribution in [2.24, 2.45) is 0 Å². The highest BCUT2D eigenvalue weighted by molar-refractivity contribution is 5.78. The van der Waals surface area contributed by atoms with Gasteiger partial charge >= 0.3 is 0 Å². The molecule has 0 spiro atoms. The summed E-state index contributed by atoms with van der Waals surface area (Å²) >= 11 is 0. The van der Waals surface area contributed by atoms with Gasteiger partial charge in [0.1, 0.15) is 0 Å². The van der Waals surface area contributed by atoms with Crippen molar-refractivity contribution in [3.05, 3.63) is 53.3 Å². The van der Waals surface area contributed by atoms with Crippen molar-refractivity contribution in [2.75, 3.05) is 13.1 Å². The molecule has 1 aromatic carbocycles. The van der Waals surface area contributed by atoms with Crippen LogP contribution < -0.4 is 10.6 Å². The lowest BCUT2D eigenvalue weighted by atomic mass is 9.88. The molecule has 0 unspecified atom stereocenters. The van der Waals surface area contributed by atoms with E-state index < -0.39 is 0 Å². The Balaban J connectivity index is 1.43. The molecule has 0 saturated carbocycles. The van der Waals surface area contributed by atoms with E-state index in [4.69, 9.17) is 0 Å². The Morgan fingerprint density at radius 3 is 3.09 bits per heavy atom. The van der Waals surface area contributed by atoms with Gasteiger partial charge in [-0.25, -0.2) is 0 Å². The lowest BCUT2D eigenvalue weighted by Gasteiger charge is -2.26. The van der Waals surface area contributed by atoms with Crippen LogP contribution in [-0.4, -0.2) is 28.8 Å². The Morgan fingerprint density at radius 1 is 1.39 bits per heavy atom. The number of fused-ring (bicyclic) bond motifs is 1. The third-order valence-electron chi connectivity index (χ3n) is 4.27. The molecule has 1 amide bonds. The molecule has 1 aliphatic carbocycles. The lowest BCUT2D eigenvalue weighted by molar-refractivity contribution is -0.121. The first-order valence-electron chi connectivity index (χ1n) is 8.29. The molecule has 1 aromatic heterocycles. The molecule has 1 heterocycles. The van der Waals surface area contributed by atoms with E-state index in [1.54, 1.807) is 0 Å². The highest BCUT2D eigenvalue weighted by Crippen LogP contribution is 2.29. The van der Waals surface area contributed by atoms with Crippen molar-refractivity contribution in [2.45, 2.75) is 38.8 Å². The zero-order valence-corrected chi connectivity index (χ0v) is 13.6. The average Bonchev–Trinajstić information content (AvgIpc) is 2.97. The van der Waals surface area contributed by atoms with E-state index in [0.717, 1.165) is 37.9 Å². The van der Waals surface area contributed by atoms with Gasteiger partial charge in [-0.2, -0.15) is 5.10 Å². The highest BCUT2D eigenvalue weighted by atomic mass is 16.1. The Labute approximate surface area is 137 Å². The van der Waals surface area contributed by atoms with Crippen LogP contribution in [0.25, 0.3) is 0 Å². The number of nitrogens with one attached hydrogen (secondary N) is 2. The number of carbonyl (C=O) groups excluding carboxylic acids is 1. The van der Waals surface area contributed by atoms with Crippen LogP contribution in [0.5, 0.6) is 0 Å². The van der Waals surface area contributed by atoms with Crippen LogP contribution in [0, 0.1) is 6.92 Å². The fraction of sp³-hybridized carbons (Fsp3) is 0.444. The molecule has 1 atom stereocenters. The van der Waals surface area contributed by atoms with E-state index in [9.17, 15) is 4.79 Å². The summed E-state index contributed by atoms with van der Waals surface area (Å²) in [5.41, 5.74) is 3.80. The molecule has 2 N–H and O–H groups in total. The zero-order chi connectivity index (χ0) is 16.1. The van der Waals surface area contributed by atoms with Crippen LogP contribution in [0.4, 0.5) is 0 Å². The van der Waals surface area contributed by atoms with Crippen LogP contribution in [0.3, 0.4) is 0 Å². The van der Waals surface area contributed by atoms with Gasteiger partial charge in [-0.15, -0.1) is 0 Å². The molecule has 3 rings (SSSR count). The fourth-order valence-corrected chi connectivity index (χ4v) is 3.13. The first-order valence-corrected chi connectivity index (χ1v) is 8.29. The maximum absolute atomic E-state index is 12.1. The maximum atomic E-state index is 12.1. The monoisotopic (exact) mass is 312 g/mol. The largest absolute Gasteiger partial charge is 0.348 e. The lowest BCUT2D eigenvalue weighted by Crippen LogP contribution is -2.38. The summed E-state index contributed by atoms with van der Waals surface area (Å²) in [6, 6.07) is 8.57. The van der Waals surface area contributed by atoms with Gasteiger partial charge in [-0.1, -0.05) is 24.3 Å². The van der Waals surface area contributed by atoms with Gasteiger partial charge in [0.15, 0.2) is 0 Å². The van der Waals surface area contributed by atoms with E-state index in [1.807, 2.05) is 30.1 Å². The van der Waals surface area contributed by atoms with Crippen molar-refractivity contribution in [1.82, 2.24) is 20.4 Å². The smallest absolute Gasteiger partial charge is 0.234 e. The molecular weight excluding hydrogens is 288 g/mol. The topological polar surface area (TPSA) is 59.0 Å². The number of hydrogen-bond acceptors (Lipinski definition) is 3. The molecule has 2 aromatic rings. The van der Waals surface area contributed by atoms with Crippen molar-refractivity contribution in [1.29, 1.82) is 0 Å². The first kappa shape index (κ1) is 15.7. The van der Waals surface area contributed by atoms with E-state index in [1.165, 1.54) is 11.1 Å². The summed E-state index contributed by atoms with van der Waals surface area (Å²) in [6.45, 7) is 3.87. The molecule has 5 heteroatoms. The zero-order valence-electron chi connectivity index (χ0n) is 13.6. The fourth-order valence-electron chi connectivity index (χ4n) is 3.13. The van der Waals surface area contributed by atoms with Crippen LogP contribution >= 0.6 is 0 Å². The summed E-state index contributed by atoms with van der Waals surface area (Å²) in [4.78, 5) is 12.1. The normalized spacial score (nSPS) is 16.8. The van der Waals surface area contributed by atoms with Crippen LogP contribution in [0.1, 0.15) is 35.6 Å². The molecule has 23 heavy (non-hydrogen) atoms. The Morgan fingerprint density at radius 2 is 2.26 bits per heavy atom. The highest BCUT2D eigenvalue weighted by Gasteiger charge is 2.20. The molecule has 0 aliphatic heterocycles. The van der Waals surface area contributed by atoms with Crippen molar-refractivity contribution >= 4 is 5.91 Å². The Hall–Kier alpha value is -2.14. The maximum Gasteiger partial charge on any atom is 0.234 e. The SMILES string of the molecule is Cc1cnn(CCNCC(=O)N[C@H]2CCCc3ccccc32)c1. The molecule has 0 radical (unpaired) electrons. The van der Waals surface area contributed by atoms with Gasteiger partial charge in [-0.05, 0) is 42.9 Å². The molecule has 0 saturated heterocycles. The summed E-state index contributed by atoms with van der Waals surface area (Å²) in [5.74, 6) is 0.0587. The van der Waals surface area contributed by atoms with Gasteiger partial charge in [0.25, 0.3) is 0 Å². The molecule has 0 bridgehead atoms. The summed E-state index contributed by atoms with van der Waals surface area (Å²) in [6.07, 6.45) is 7.11. The second kappa shape index (κ2) is 7.42. The van der Waals surface area contributed by atoms with Gasteiger partial charge < -0.3 is 10.6 Å². The third kappa shape index (κ3) is 4.20. The number of hydrogen-bond donors (Lipinski definition) is 2. The van der Waals surface area contributed by atoms with Gasteiger partial charge in [0.05, 0.1) is 25.3 Å². The van der Waals surface area contributed by atoms with Crippen LogP contribution in [-0.2, 0) is 17.8 Å². The number of amides is 1. The minimum absolute atomic E-state index is 0.0587. The molecule has 0 fully saturated rings. The standard InChI is InChI=1S/C18H24N4O/c1-14-11-20-22(13-14)10-9-19-12-18(23)21-17-8-4-6-15-5-2-3-7-16(15)17/h2-3,5,7,11,13,17,19H,4,6,8-10,12H2,1H3,(H,21,23)/t17-/m0/s1. The number of aromatic nitrogens is 2. The molecular formula is C18H24N4O. The van der Waals surface area contributed by atoms with Crippen LogP contribution in [0.15, 0.2) is 36.7 Å². The minimum atomic E-state index is 0.0587. The molecule has 1 aliphatic rings. The predicted molar refractivity (Wildman–Crippen MR) is 90.1 cm³/mol. The second-order valence-corrected chi connectivity index (χ2v) is 6.17. The van der Waals surface area contributed by atoms with Crippen molar-refractivity contribution in [3.63, 3.8) is 0 Å². The van der Waals surface area contributed by atoms with E-state index in [-0.39, 0.29) is 11.9 Å². The second-order valence-electron chi connectivity index (χ2n) is 6.17. The Bertz CT molecular complexity index is 665. The van der Waals surface area contributed by atoms with Crippen molar-refractivity contribution in [3.8, 4) is 0 Å². The number of carbonyl (C=O) groups is 1. The molecule has 5 nitrogen and oxygen atoms in total. The summed E-state index contributed by atoms with van der Waals surface area (Å²) < 4.78 is 1.89. The van der Waals surface area contributed by atoms with E-state index >= 15 is 0 Å². The van der Waals surface area contributed by atoms with Gasteiger partial charge in [-0.3, -0.25) is 9.48 Å². The van der Waals surface area contributed by atoms with Gasteiger partial charge in [0.2, 0.25) is 5.91 Å². The summed E-state index contributed by atoms with van der Waals surface area (Å²) in [7, 11) is 0. The predicted octanol–water partition coefficient (Wildman–Crippen LogP) is 1.97.